The van der Waals surface area contributed by atoms with Gasteiger partial charge in [-0.1, -0.05) is 30.3 Å². The van der Waals surface area contributed by atoms with Gasteiger partial charge in [0, 0.05) is 12.1 Å². The fraction of sp³-hybridized carbons (Fsp3) is 0.214. The molecule has 1 aliphatic carbocycles. The number of nitrogens with zero attached hydrogens (tertiary/aromatic N) is 1. The highest BCUT2D eigenvalue weighted by molar-refractivity contribution is 5.77. The van der Waals surface area contributed by atoms with E-state index in [1.165, 1.54) is 12.1 Å². The van der Waals surface area contributed by atoms with Crippen LogP contribution in [0.1, 0.15) is 17.9 Å². The van der Waals surface area contributed by atoms with Crippen molar-refractivity contribution in [3.8, 4) is 11.8 Å². The van der Waals surface area contributed by atoms with Crippen molar-refractivity contribution < 1.29 is 19.8 Å². The Hall–Kier alpha value is -2.43. The van der Waals surface area contributed by atoms with E-state index >= 15 is 0 Å². The van der Waals surface area contributed by atoms with Gasteiger partial charge in [-0.15, -0.1) is 4.73 Å². The number of carbonyl (C=O) groups is 1. The van der Waals surface area contributed by atoms with Crippen LogP contribution in [0.25, 0.3) is 0 Å². The van der Waals surface area contributed by atoms with Gasteiger partial charge in [-0.2, -0.15) is 0 Å². The van der Waals surface area contributed by atoms with Crippen molar-refractivity contribution >= 4 is 5.97 Å². The monoisotopic (exact) mass is 259 g/mol. The van der Waals surface area contributed by atoms with E-state index in [9.17, 15) is 15.0 Å². The van der Waals surface area contributed by atoms with Crippen LogP contribution in [0.2, 0.25) is 0 Å². The number of benzene rings is 1. The zero-order chi connectivity index (χ0) is 13.4. The first-order valence-electron chi connectivity index (χ1n) is 6.03. The summed E-state index contributed by atoms with van der Waals surface area (Å²) in [4.78, 5) is 16.9. The number of aromatic hydroxyl groups is 2. The molecular weight excluding hydrogens is 246 g/mol. The molecule has 1 saturated carbocycles. The van der Waals surface area contributed by atoms with Gasteiger partial charge >= 0.3 is 5.97 Å². The third kappa shape index (κ3) is 2.14. The smallest absolute Gasteiger partial charge is 0.336 e. The van der Waals surface area contributed by atoms with Crippen molar-refractivity contribution in [3.05, 3.63) is 48.0 Å². The Morgan fingerprint density at radius 2 is 1.74 bits per heavy atom. The Kier molecular flexibility index (Phi) is 2.67. The summed E-state index contributed by atoms with van der Waals surface area (Å²) in [5, 5.41) is 18.8. The molecule has 19 heavy (non-hydrogen) atoms. The molecule has 2 atom stereocenters. The fourth-order valence-electron chi connectivity index (χ4n) is 2.18. The second-order valence-electron chi connectivity index (χ2n) is 4.61. The van der Waals surface area contributed by atoms with E-state index in [0.717, 1.165) is 16.7 Å². The van der Waals surface area contributed by atoms with Gasteiger partial charge in [0.2, 0.25) is 11.8 Å². The maximum atomic E-state index is 11.9. The maximum Gasteiger partial charge on any atom is 0.336 e. The first-order valence-corrected chi connectivity index (χ1v) is 6.03. The minimum Gasteiger partial charge on any atom is -0.492 e. The van der Waals surface area contributed by atoms with Gasteiger partial charge in [0.1, 0.15) is 0 Å². The summed E-state index contributed by atoms with van der Waals surface area (Å²) < 4.78 is 0.725. The van der Waals surface area contributed by atoms with Gasteiger partial charge in [-0.3, -0.25) is 0 Å². The molecule has 3 rings (SSSR count). The third-order valence-electron chi connectivity index (χ3n) is 3.30. The number of hydrogen-bond acceptors (Lipinski definition) is 4. The Morgan fingerprint density at radius 1 is 1.11 bits per heavy atom. The average molecular weight is 259 g/mol. The Bertz CT molecular complexity index is 586. The fourth-order valence-corrected chi connectivity index (χ4v) is 2.18. The van der Waals surface area contributed by atoms with Crippen molar-refractivity contribution in [2.75, 3.05) is 0 Å². The summed E-state index contributed by atoms with van der Waals surface area (Å²) in [6.45, 7) is 0. The van der Waals surface area contributed by atoms with Crippen molar-refractivity contribution in [1.29, 1.82) is 0 Å². The summed E-state index contributed by atoms with van der Waals surface area (Å²) in [6, 6.07) is 12.2. The van der Waals surface area contributed by atoms with Gasteiger partial charge in [-0.05, 0) is 17.9 Å². The van der Waals surface area contributed by atoms with E-state index < -0.39 is 5.97 Å². The maximum absolute atomic E-state index is 11.9. The molecule has 0 amide bonds. The topological polar surface area (TPSA) is 71.7 Å². The van der Waals surface area contributed by atoms with Crippen LogP contribution >= 0.6 is 0 Å². The highest BCUT2D eigenvalue weighted by Crippen LogP contribution is 2.47. The number of hydrogen-bond donors (Lipinski definition) is 2. The lowest BCUT2D eigenvalue weighted by molar-refractivity contribution is -0.147. The molecule has 2 N–H and O–H groups in total. The van der Waals surface area contributed by atoms with Gasteiger partial charge in [0.05, 0.1) is 5.92 Å². The van der Waals surface area contributed by atoms with E-state index in [2.05, 4.69) is 0 Å². The first kappa shape index (κ1) is 11.6. The molecule has 1 aliphatic rings. The van der Waals surface area contributed by atoms with Crippen LogP contribution in [-0.2, 0) is 4.79 Å². The second-order valence-corrected chi connectivity index (χ2v) is 4.61. The van der Waals surface area contributed by atoms with Crippen molar-refractivity contribution in [2.45, 2.75) is 12.3 Å². The Labute approximate surface area is 109 Å². The number of carbonyl (C=O) groups excluding carboxylic acids is 1. The Morgan fingerprint density at radius 3 is 2.37 bits per heavy atom. The normalized spacial score (nSPS) is 21.1. The second kappa shape index (κ2) is 4.35. The quantitative estimate of drug-likeness (QED) is 0.879. The molecule has 1 aromatic heterocycles. The summed E-state index contributed by atoms with van der Waals surface area (Å²) >= 11 is 0. The molecule has 5 nitrogen and oxygen atoms in total. The molecule has 2 aromatic rings. The van der Waals surface area contributed by atoms with Crippen LogP contribution in [0.3, 0.4) is 0 Å². The minimum atomic E-state index is -0.448. The molecule has 0 unspecified atom stereocenters. The minimum absolute atomic E-state index is 0.161. The molecule has 1 heterocycles. The zero-order valence-electron chi connectivity index (χ0n) is 10.1. The number of rotatable bonds is 3. The summed E-state index contributed by atoms with van der Waals surface area (Å²) in [6.07, 6.45) is 0.728. The molecule has 0 aliphatic heterocycles. The molecule has 1 aromatic carbocycles. The average Bonchev–Trinajstić information content (AvgIpc) is 3.17. The SMILES string of the molecule is O=C(On1c(O)ccc1O)[C@@H]1C[C@H]1c1ccccc1. The molecule has 0 radical (unpaired) electrons. The van der Waals surface area contributed by atoms with Crippen LogP contribution in [-0.4, -0.2) is 20.9 Å². The van der Waals surface area contributed by atoms with Gasteiger partial charge in [0.25, 0.3) is 0 Å². The molecule has 0 saturated heterocycles. The Balaban J connectivity index is 1.68. The first-order chi connectivity index (χ1) is 9.16. The van der Waals surface area contributed by atoms with Crippen LogP contribution in [0.4, 0.5) is 0 Å². The standard InChI is InChI=1S/C14H13NO4/c16-12-6-7-13(17)15(12)19-14(18)11-8-10(11)9-4-2-1-3-5-9/h1-7,10-11,16-17H,8H2/t10-,11+/m0/s1. The van der Waals surface area contributed by atoms with Crippen LogP contribution in [0.15, 0.2) is 42.5 Å². The molecule has 98 valence electrons. The van der Waals surface area contributed by atoms with Crippen LogP contribution < -0.4 is 4.84 Å². The molecule has 0 bridgehead atoms. The van der Waals surface area contributed by atoms with Gasteiger partial charge in [-0.25, -0.2) is 4.79 Å². The third-order valence-corrected chi connectivity index (χ3v) is 3.30. The molecule has 5 heteroatoms. The lowest BCUT2D eigenvalue weighted by Gasteiger charge is -2.06. The largest absolute Gasteiger partial charge is 0.492 e. The molecular formula is C14H13NO4. The van der Waals surface area contributed by atoms with E-state index in [0.29, 0.717) is 0 Å². The zero-order valence-corrected chi connectivity index (χ0v) is 10.1. The predicted octanol–water partition coefficient (Wildman–Crippen LogP) is 1.66. The number of aromatic nitrogens is 1. The molecule has 0 spiro atoms. The summed E-state index contributed by atoms with van der Waals surface area (Å²) in [7, 11) is 0. The van der Waals surface area contributed by atoms with Gasteiger partial charge < -0.3 is 15.1 Å². The lowest BCUT2D eigenvalue weighted by atomic mass is 10.1. The summed E-state index contributed by atoms with van der Waals surface area (Å²) in [5.74, 6) is -1.11. The van der Waals surface area contributed by atoms with E-state index in [1.807, 2.05) is 30.3 Å². The highest BCUT2D eigenvalue weighted by Gasteiger charge is 2.46. The van der Waals surface area contributed by atoms with E-state index in [4.69, 9.17) is 4.84 Å². The van der Waals surface area contributed by atoms with E-state index in [-0.39, 0.29) is 23.6 Å². The highest BCUT2D eigenvalue weighted by atomic mass is 16.7. The van der Waals surface area contributed by atoms with Crippen molar-refractivity contribution in [2.24, 2.45) is 5.92 Å². The van der Waals surface area contributed by atoms with Gasteiger partial charge in [0.15, 0.2) is 0 Å². The predicted molar refractivity (Wildman–Crippen MR) is 66.6 cm³/mol. The molecule has 1 fully saturated rings. The van der Waals surface area contributed by atoms with Crippen molar-refractivity contribution in [1.82, 2.24) is 4.73 Å². The van der Waals surface area contributed by atoms with Crippen LogP contribution in [0.5, 0.6) is 11.8 Å². The summed E-state index contributed by atoms with van der Waals surface area (Å²) in [5.41, 5.74) is 1.10. The van der Waals surface area contributed by atoms with Crippen molar-refractivity contribution in [3.63, 3.8) is 0 Å². The lowest BCUT2D eigenvalue weighted by Crippen LogP contribution is -2.21. The van der Waals surface area contributed by atoms with E-state index in [1.54, 1.807) is 0 Å². The van der Waals surface area contributed by atoms with Crippen LogP contribution in [0, 0.1) is 5.92 Å².